The fourth-order valence-corrected chi connectivity index (χ4v) is 6.17. The van der Waals surface area contributed by atoms with Gasteiger partial charge in [0, 0.05) is 80.9 Å². The molecular weight excluding hydrogens is 456 g/mol. The fourth-order valence-electron chi connectivity index (χ4n) is 2.72. The van der Waals surface area contributed by atoms with Crippen LogP contribution in [0.5, 0.6) is 0 Å². The van der Waals surface area contributed by atoms with Crippen LogP contribution in [0.25, 0.3) is 0 Å². The Hall–Kier alpha value is -1.53. The number of amides is 4. The van der Waals surface area contributed by atoms with Crippen molar-refractivity contribution in [2.45, 2.75) is 24.9 Å². The third kappa shape index (κ3) is 12.5. The first-order valence-electron chi connectivity index (χ1n) is 10.4. The molecule has 188 valence electrons. The maximum absolute atomic E-state index is 11.8. The van der Waals surface area contributed by atoms with Gasteiger partial charge in [-0.3, -0.25) is 0 Å². The van der Waals surface area contributed by atoms with E-state index in [1.165, 1.54) is 0 Å². The van der Waals surface area contributed by atoms with Crippen molar-refractivity contribution in [2.75, 3.05) is 68.8 Å². The average Bonchev–Trinajstić information content (AvgIpc) is 2.82. The van der Waals surface area contributed by atoms with Crippen molar-refractivity contribution < 1.29 is 36.1 Å². The van der Waals surface area contributed by atoms with Crippen LogP contribution in [-0.4, -0.2) is 98.5 Å². The number of rotatable bonds is 18. The van der Waals surface area contributed by atoms with E-state index in [-0.39, 0.29) is 12.1 Å². The third-order valence-corrected chi connectivity index (χ3v) is 10.3. The Morgan fingerprint density at radius 1 is 0.594 bits per heavy atom. The molecule has 0 heterocycles. The lowest BCUT2D eigenvalue weighted by Crippen LogP contribution is -2.44. The van der Waals surface area contributed by atoms with Crippen molar-refractivity contribution in [3.8, 4) is 0 Å². The Kier molecular flexibility index (Phi) is 17.1. The molecule has 4 N–H and O–H groups in total. The van der Waals surface area contributed by atoms with Crippen LogP contribution in [0, 0.1) is 0 Å². The molecule has 0 radical (unpaired) electrons. The van der Waals surface area contributed by atoms with Gasteiger partial charge in [0.1, 0.15) is 0 Å². The maximum Gasteiger partial charge on any atom is 0.500 e. The number of hydrogen-bond acceptors (Lipinski definition) is 8. The Labute approximate surface area is 193 Å². The summed E-state index contributed by atoms with van der Waals surface area (Å²) in [4.78, 5) is 23.5. The highest BCUT2D eigenvalue weighted by Gasteiger charge is 2.37. The summed E-state index contributed by atoms with van der Waals surface area (Å²) in [5, 5.41) is 10.9. The largest absolute Gasteiger partial charge is 0.500 e. The van der Waals surface area contributed by atoms with E-state index < -0.39 is 17.6 Å². The molecule has 0 saturated heterocycles. The van der Waals surface area contributed by atoms with Gasteiger partial charge < -0.3 is 47.8 Å². The first-order chi connectivity index (χ1) is 15.4. The van der Waals surface area contributed by atoms with Crippen LogP contribution in [0.15, 0.2) is 12.2 Å². The molecule has 0 aromatic heterocycles. The molecule has 0 aliphatic heterocycles. The minimum Gasteiger partial charge on any atom is -0.377 e. The maximum atomic E-state index is 11.8. The number of nitrogens with one attached hydrogen (secondary N) is 4. The summed E-state index contributed by atoms with van der Waals surface area (Å²) >= 11 is 0. The highest BCUT2D eigenvalue weighted by molar-refractivity contribution is 6.60. The highest BCUT2D eigenvalue weighted by atomic mass is 28.4. The van der Waals surface area contributed by atoms with E-state index in [2.05, 4.69) is 21.3 Å². The topological polar surface area (TPSA) is 138 Å². The van der Waals surface area contributed by atoms with Crippen LogP contribution in [0.4, 0.5) is 9.59 Å². The van der Waals surface area contributed by atoms with Gasteiger partial charge in [-0.05, 0) is 12.8 Å². The molecule has 4 amide bonds. The number of hydrogen-bond donors (Lipinski definition) is 4. The lowest BCUT2D eigenvalue weighted by molar-refractivity contribution is 0.122. The monoisotopic (exact) mass is 496 g/mol. The summed E-state index contributed by atoms with van der Waals surface area (Å²) in [6, 6.07) is 0.668. The van der Waals surface area contributed by atoms with Crippen molar-refractivity contribution in [1.82, 2.24) is 21.3 Å². The third-order valence-electron chi connectivity index (χ3n) is 4.68. The van der Waals surface area contributed by atoms with Crippen molar-refractivity contribution >= 4 is 29.7 Å². The van der Waals surface area contributed by atoms with Gasteiger partial charge in [0.15, 0.2) is 0 Å². The molecule has 0 atom stereocenters. The molecule has 0 aliphatic rings. The Bertz CT molecular complexity index is 487. The van der Waals surface area contributed by atoms with Crippen LogP contribution in [-0.2, 0) is 26.6 Å². The lowest BCUT2D eigenvalue weighted by atomic mass is 10.4. The number of carbonyl (C=O) groups excluding carboxylic acids is 2. The molecule has 0 aliphatic carbocycles. The Balaban J connectivity index is 3.82. The summed E-state index contributed by atoms with van der Waals surface area (Å²) in [5.74, 6) is 0. The van der Waals surface area contributed by atoms with Gasteiger partial charge in [0.25, 0.3) is 0 Å². The van der Waals surface area contributed by atoms with Crippen LogP contribution < -0.4 is 21.3 Å². The van der Waals surface area contributed by atoms with Gasteiger partial charge in [-0.1, -0.05) is 12.2 Å². The SMILES string of the molecule is CO[Si](CCCNC(=O)NC/C=C/CNC(=O)NCCC[Si](OC)(OC)OC)(OC)OC. The zero-order valence-corrected chi connectivity index (χ0v) is 22.1. The predicted octanol–water partition coefficient (Wildman–Crippen LogP) is 0.677. The van der Waals surface area contributed by atoms with Crippen molar-refractivity contribution in [1.29, 1.82) is 0 Å². The predicted molar refractivity (Wildman–Crippen MR) is 124 cm³/mol. The normalized spacial score (nSPS) is 12.1. The first kappa shape index (κ1) is 30.5. The van der Waals surface area contributed by atoms with Crippen molar-refractivity contribution in [3.05, 3.63) is 12.2 Å². The summed E-state index contributed by atoms with van der Waals surface area (Å²) in [5.41, 5.74) is 0. The fraction of sp³-hybridized carbons (Fsp3) is 0.778. The average molecular weight is 497 g/mol. The minimum absolute atomic E-state index is 0.275. The smallest absolute Gasteiger partial charge is 0.377 e. The summed E-state index contributed by atoms with van der Waals surface area (Å²) < 4.78 is 32.0. The molecule has 0 spiro atoms. The summed E-state index contributed by atoms with van der Waals surface area (Å²) in [6.07, 6.45) is 4.87. The van der Waals surface area contributed by atoms with E-state index >= 15 is 0 Å². The van der Waals surface area contributed by atoms with E-state index in [1.807, 2.05) is 0 Å². The molecule has 0 bridgehead atoms. The van der Waals surface area contributed by atoms with E-state index in [0.29, 0.717) is 51.1 Å². The Morgan fingerprint density at radius 3 is 1.19 bits per heavy atom. The number of carbonyl (C=O) groups is 2. The van der Waals surface area contributed by atoms with Crippen molar-refractivity contribution in [2.24, 2.45) is 0 Å². The van der Waals surface area contributed by atoms with Crippen LogP contribution in [0.2, 0.25) is 12.1 Å². The number of urea groups is 2. The molecule has 0 aromatic rings. The van der Waals surface area contributed by atoms with E-state index in [1.54, 1.807) is 54.8 Å². The Morgan fingerprint density at radius 2 is 0.906 bits per heavy atom. The van der Waals surface area contributed by atoms with Gasteiger partial charge in [-0.15, -0.1) is 0 Å². The second-order valence-electron chi connectivity index (χ2n) is 6.54. The van der Waals surface area contributed by atoms with Gasteiger partial charge >= 0.3 is 29.7 Å². The molecule has 0 aromatic carbocycles. The van der Waals surface area contributed by atoms with Crippen LogP contribution in [0.1, 0.15) is 12.8 Å². The molecule has 12 nitrogen and oxygen atoms in total. The molecule has 32 heavy (non-hydrogen) atoms. The van der Waals surface area contributed by atoms with Gasteiger partial charge in [0.2, 0.25) is 0 Å². The van der Waals surface area contributed by atoms with E-state index in [4.69, 9.17) is 26.6 Å². The quantitative estimate of drug-likeness (QED) is 0.123. The molecule has 0 rings (SSSR count). The second-order valence-corrected chi connectivity index (χ2v) is 12.7. The van der Waals surface area contributed by atoms with Crippen molar-refractivity contribution in [3.63, 3.8) is 0 Å². The first-order valence-corrected chi connectivity index (χ1v) is 14.2. The second kappa shape index (κ2) is 18.0. The van der Waals surface area contributed by atoms with E-state index in [9.17, 15) is 9.59 Å². The minimum atomic E-state index is -2.60. The van der Waals surface area contributed by atoms with Gasteiger partial charge in [-0.25, -0.2) is 9.59 Å². The van der Waals surface area contributed by atoms with Crippen LogP contribution in [0.3, 0.4) is 0 Å². The molecule has 0 saturated carbocycles. The summed E-state index contributed by atoms with van der Waals surface area (Å²) in [6.45, 7) is 1.65. The highest BCUT2D eigenvalue weighted by Crippen LogP contribution is 2.14. The molecule has 0 fully saturated rings. The van der Waals surface area contributed by atoms with Gasteiger partial charge in [-0.2, -0.15) is 0 Å². The molecule has 0 unspecified atom stereocenters. The zero-order chi connectivity index (χ0) is 24.3. The lowest BCUT2D eigenvalue weighted by Gasteiger charge is -2.24. The summed E-state index contributed by atoms with van der Waals surface area (Å²) in [7, 11) is 4.14. The molecular formula is C18H40N4O8Si2. The van der Waals surface area contributed by atoms with Gasteiger partial charge in [0.05, 0.1) is 0 Å². The zero-order valence-electron chi connectivity index (χ0n) is 20.1. The van der Waals surface area contributed by atoms with E-state index in [0.717, 1.165) is 0 Å². The standard InChI is InChI=1S/C18H40N4O8Si2/c1-25-31(26-2,27-3)15-9-13-21-17(23)19-11-7-8-12-20-18(24)22-14-10-16-32(28-4,29-5)30-6/h7-8H,9-16H2,1-6H3,(H2,19,21,23)(H2,20,22,24)/b8-7+. The van der Waals surface area contributed by atoms with Crippen LogP contribution >= 0.6 is 0 Å². The molecule has 14 heteroatoms.